The van der Waals surface area contributed by atoms with E-state index in [1.807, 2.05) is 0 Å². The van der Waals surface area contributed by atoms with Gasteiger partial charge in [-0.3, -0.25) is 4.79 Å². The van der Waals surface area contributed by atoms with Crippen molar-refractivity contribution in [3.8, 4) is 0 Å². The fourth-order valence-corrected chi connectivity index (χ4v) is 3.00. The molecule has 1 aromatic rings. The number of primary amides is 1. The molecule has 0 aliphatic carbocycles. The van der Waals surface area contributed by atoms with Gasteiger partial charge in [0.05, 0.1) is 0 Å². The van der Waals surface area contributed by atoms with E-state index in [0.717, 1.165) is 45.3 Å². The molecule has 0 aromatic heterocycles. The van der Waals surface area contributed by atoms with Crippen molar-refractivity contribution in [1.29, 1.82) is 0 Å². The van der Waals surface area contributed by atoms with Gasteiger partial charge in [-0.05, 0) is 76.0 Å². The SMILES string of the molecule is Cc1cc(NC(=O)NCCCCN2CCC(C(N)=O)CC2)ccc1F. The van der Waals surface area contributed by atoms with Gasteiger partial charge >= 0.3 is 6.03 Å². The first-order valence-corrected chi connectivity index (χ1v) is 8.78. The van der Waals surface area contributed by atoms with Crippen LogP contribution in [0.2, 0.25) is 0 Å². The van der Waals surface area contributed by atoms with Crippen molar-refractivity contribution in [3.05, 3.63) is 29.6 Å². The zero-order chi connectivity index (χ0) is 18.2. The van der Waals surface area contributed by atoms with Crippen LogP contribution in [0.3, 0.4) is 0 Å². The standard InChI is InChI=1S/C18H27FN4O2/c1-13-12-15(4-5-16(13)19)22-18(25)21-8-2-3-9-23-10-6-14(7-11-23)17(20)24/h4-5,12,14H,2-3,6-11H2,1H3,(H2,20,24)(H2,21,22,25). The number of rotatable bonds is 7. The molecular weight excluding hydrogens is 323 g/mol. The van der Waals surface area contributed by atoms with Crippen molar-refractivity contribution in [1.82, 2.24) is 10.2 Å². The second kappa shape index (κ2) is 9.36. The Hall–Kier alpha value is -2.15. The van der Waals surface area contributed by atoms with Crippen molar-refractivity contribution in [2.45, 2.75) is 32.6 Å². The molecule has 0 unspecified atom stereocenters. The summed E-state index contributed by atoms with van der Waals surface area (Å²) in [5.74, 6) is -0.450. The summed E-state index contributed by atoms with van der Waals surface area (Å²) < 4.78 is 13.2. The van der Waals surface area contributed by atoms with Gasteiger partial charge in [0.1, 0.15) is 5.82 Å². The number of nitrogens with one attached hydrogen (secondary N) is 2. The molecule has 7 heteroatoms. The third-order valence-electron chi connectivity index (χ3n) is 4.59. The van der Waals surface area contributed by atoms with Crippen LogP contribution in [0, 0.1) is 18.7 Å². The number of likely N-dealkylation sites (tertiary alicyclic amines) is 1. The van der Waals surface area contributed by atoms with E-state index in [2.05, 4.69) is 15.5 Å². The van der Waals surface area contributed by atoms with E-state index >= 15 is 0 Å². The maximum atomic E-state index is 13.2. The van der Waals surface area contributed by atoms with E-state index < -0.39 is 0 Å². The molecule has 0 saturated carbocycles. The first kappa shape index (κ1) is 19.2. The quantitative estimate of drug-likeness (QED) is 0.659. The van der Waals surface area contributed by atoms with Crippen LogP contribution in [0.5, 0.6) is 0 Å². The molecule has 25 heavy (non-hydrogen) atoms. The van der Waals surface area contributed by atoms with Gasteiger partial charge < -0.3 is 21.3 Å². The van der Waals surface area contributed by atoms with Crippen LogP contribution in [-0.4, -0.2) is 43.0 Å². The molecule has 1 fully saturated rings. The molecule has 1 aliphatic heterocycles. The summed E-state index contributed by atoms with van der Waals surface area (Å²) in [6, 6.07) is 4.20. The number of halogens is 1. The molecule has 3 amide bonds. The Morgan fingerprint density at radius 1 is 1.28 bits per heavy atom. The lowest BCUT2D eigenvalue weighted by Gasteiger charge is -2.30. The number of anilines is 1. The first-order chi connectivity index (χ1) is 12.0. The van der Waals surface area contributed by atoms with E-state index in [1.54, 1.807) is 13.0 Å². The second-order valence-electron chi connectivity index (χ2n) is 6.57. The Morgan fingerprint density at radius 2 is 2.00 bits per heavy atom. The highest BCUT2D eigenvalue weighted by Gasteiger charge is 2.22. The maximum Gasteiger partial charge on any atom is 0.319 e. The van der Waals surface area contributed by atoms with Gasteiger partial charge in [-0.2, -0.15) is 0 Å². The Balaban J connectivity index is 1.56. The van der Waals surface area contributed by atoms with Crippen molar-refractivity contribution >= 4 is 17.6 Å². The summed E-state index contributed by atoms with van der Waals surface area (Å²) in [7, 11) is 0. The largest absolute Gasteiger partial charge is 0.369 e. The molecule has 1 aliphatic rings. The number of amides is 3. The molecule has 0 spiro atoms. The number of urea groups is 1. The third kappa shape index (κ3) is 6.34. The van der Waals surface area contributed by atoms with Crippen LogP contribution < -0.4 is 16.4 Å². The van der Waals surface area contributed by atoms with Gasteiger partial charge in [-0.15, -0.1) is 0 Å². The van der Waals surface area contributed by atoms with Crippen LogP contribution in [0.15, 0.2) is 18.2 Å². The van der Waals surface area contributed by atoms with E-state index in [4.69, 9.17) is 5.73 Å². The minimum atomic E-state index is -0.286. The molecule has 138 valence electrons. The number of hydrogen-bond acceptors (Lipinski definition) is 3. The molecule has 0 bridgehead atoms. The molecule has 4 N–H and O–H groups in total. The average Bonchev–Trinajstić information content (AvgIpc) is 2.58. The molecule has 2 rings (SSSR count). The number of aryl methyl sites for hydroxylation is 1. The van der Waals surface area contributed by atoms with E-state index in [-0.39, 0.29) is 23.7 Å². The Kier molecular flexibility index (Phi) is 7.18. The van der Waals surface area contributed by atoms with Crippen LogP contribution in [0.1, 0.15) is 31.2 Å². The Labute approximate surface area is 147 Å². The fourth-order valence-electron chi connectivity index (χ4n) is 3.00. The van der Waals surface area contributed by atoms with E-state index in [1.165, 1.54) is 12.1 Å². The van der Waals surface area contributed by atoms with Crippen LogP contribution >= 0.6 is 0 Å². The summed E-state index contributed by atoms with van der Waals surface area (Å²) in [5, 5.41) is 5.50. The summed E-state index contributed by atoms with van der Waals surface area (Å²) in [6.45, 7) is 5.03. The van der Waals surface area contributed by atoms with E-state index in [9.17, 15) is 14.0 Å². The minimum Gasteiger partial charge on any atom is -0.369 e. The summed E-state index contributed by atoms with van der Waals surface area (Å²) in [4.78, 5) is 25.3. The zero-order valence-corrected chi connectivity index (χ0v) is 14.7. The molecule has 1 aromatic carbocycles. The Morgan fingerprint density at radius 3 is 2.64 bits per heavy atom. The highest BCUT2D eigenvalue weighted by atomic mass is 19.1. The average molecular weight is 350 g/mol. The smallest absolute Gasteiger partial charge is 0.319 e. The molecule has 1 heterocycles. The van der Waals surface area contributed by atoms with Gasteiger partial charge in [-0.25, -0.2) is 9.18 Å². The van der Waals surface area contributed by atoms with Gasteiger partial charge in [-0.1, -0.05) is 0 Å². The fraction of sp³-hybridized carbons (Fsp3) is 0.556. The number of nitrogens with zero attached hydrogens (tertiary/aromatic N) is 1. The van der Waals surface area contributed by atoms with Crippen molar-refractivity contribution in [3.63, 3.8) is 0 Å². The zero-order valence-electron chi connectivity index (χ0n) is 14.7. The lowest BCUT2D eigenvalue weighted by molar-refractivity contribution is -0.123. The first-order valence-electron chi connectivity index (χ1n) is 8.78. The predicted octanol–water partition coefficient (Wildman–Crippen LogP) is 2.23. The summed E-state index contributed by atoms with van der Waals surface area (Å²) in [6.07, 6.45) is 3.54. The lowest BCUT2D eigenvalue weighted by Crippen LogP contribution is -2.39. The number of unbranched alkanes of at least 4 members (excludes halogenated alkanes) is 1. The number of benzene rings is 1. The molecule has 6 nitrogen and oxygen atoms in total. The maximum absolute atomic E-state index is 13.2. The molecule has 0 radical (unpaired) electrons. The number of carbonyl (C=O) groups is 2. The normalized spacial score (nSPS) is 15.8. The highest BCUT2D eigenvalue weighted by Crippen LogP contribution is 2.17. The molecule has 1 saturated heterocycles. The van der Waals surface area contributed by atoms with Crippen molar-refractivity contribution in [2.24, 2.45) is 11.7 Å². The number of hydrogen-bond donors (Lipinski definition) is 3. The van der Waals surface area contributed by atoms with Crippen LogP contribution in [0.4, 0.5) is 14.9 Å². The van der Waals surface area contributed by atoms with Crippen LogP contribution in [-0.2, 0) is 4.79 Å². The van der Waals surface area contributed by atoms with Gasteiger partial charge in [0.2, 0.25) is 5.91 Å². The Bertz CT molecular complexity index is 601. The summed E-state index contributed by atoms with van der Waals surface area (Å²) >= 11 is 0. The van der Waals surface area contributed by atoms with Gasteiger partial charge in [0.15, 0.2) is 0 Å². The number of carbonyl (C=O) groups excluding carboxylic acids is 2. The van der Waals surface area contributed by atoms with Gasteiger partial charge in [0, 0.05) is 18.2 Å². The molecular formula is C18H27FN4O2. The van der Waals surface area contributed by atoms with Gasteiger partial charge in [0.25, 0.3) is 0 Å². The third-order valence-corrected chi connectivity index (χ3v) is 4.59. The molecule has 0 atom stereocenters. The monoisotopic (exact) mass is 350 g/mol. The predicted molar refractivity (Wildman–Crippen MR) is 95.8 cm³/mol. The second-order valence-corrected chi connectivity index (χ2v) is 6.57. The van der Waals surface area contributed by atoms with Crippen molar-refractivity contribution < 1.29 is 14.0 Å². The number of nitrogens with two attached hydrogens (primary N) is 1. The number of piperidine rings is 1. The topological polar surface area (TPSA) is 87.5 Å². The lowest BCUT2D eigenvalue weighted by atomic mass is 9.96. The highest BCUT2D eigenvalue weighted by molar-refractivity contribution is 5.89. The van der Waals surface area contributed by atoms with Crippen molar-refractivity contribution in [2.75, 3.05) is 31.5 Å². The van der Waals surface area contributed by atoms with Crippen LogP contribution in [0.25, 0.3) is 0 Å². The minimum absolute atomic E-state index is 0.0247. The summed E-state index contributed by atoms with van der Waals surface area (Å²) in [5.41, 5.74) is 6.40. The van der Waals surface area contributed by atoms with E-state index in [0.29, 0.717) is 17.8 Å².